The van der Waals surface area contributed by atoms with E-state index in [0.29, 0.717) is 24.1 Å². The summed E-state index contributed by atoms with van der Waals surface area (Å²) in [4.78, 5) is 11.9. The molecule has 0 heterocycles. The summed E-state index contributed by atoms with van der Waals surface area (Å²) in [5.74, 6) is -0.997. The molecule has 2 rings (SSSR count). The van der Waals surface area contributed by atoms with Gasteiger partial charge in [0.2, 0.25) is 5.91 Å². The third-order valence-corrected chi connectivity index (χ3v) is 5.84. The SMILES string of the molecule is N#Cc1ccc(NC(=O)CS(=O)(=O)C2CCCCC2)cc1. The van der Waals surface area contributed by atoms with Crippen LogP contribution >= 0.6 is 0 Å². The third kappa shape index (κ3) is 4.30. The monoisotopic (exact) mass is 306 g/mol. The van der Waals surface area contributed by atoms with E-state index in [1.54, 1.807) is 24.3 Å². The van der Waals surface area contributed by atoms with Gasteiger partial charge in [0.15, 0.2) is 9.84 Å². The van der Waals surface area contributed by atoms with Gasteiger partial charge in [-0.2, -0.15) is 5.26 Å². The second-order valence-corrected chi connectivity index (χ2v) is 7.59. The molecule has 0 unspecified atom stereocenters. The molecule has 0 bridgehead atoms. The Morgan fingerprint density at radius 3 is 2.38 bits per heavy atom. The number of carbonyl (C=O) groups is 1. The summed E-state index contributed by atoms with van der Waals surface area (Å²) in [5.41, 5.74) is 0.987. The van der Waals surface area contributed by atoms with Gasteiger partial charge in [-0.15, -0.1) is 0 Å². The van der Waals surface area contributed by atoms with Crippen molar-refractivity contribution in [2.45, 2.75) is 37.4 Å². The maximum absolute atomic E-state index is 12.2. The highest BCUT2D eigenvalue weighted by molar-refractivity contribution is 7.92. The summed E-state index contributed by atoms with van der Waals surface area (Å²) in [5, 5.41) is 10.9. The summed E-state index contributed by atoms with van der Waals surface area (Å²) < 4.78 is 24.4. The van der Waals surface area contributed by atoms with Crippen LogP contribution in [0.5, 0.6) is 0 Å². The van der Waals surface area contributed by atoms with Crippen molar-refractivity contribution in [2.24, 2.45) is 0 Å². The van der Waals surface area contributed by atoms with Crippen LogP contribution in [0.2, 0.25) is 0 Å². The van der Waals surface area contributed by atoms with E-state index >= 15 is 0 Å². The van der Waals surface area contributed by atoms with Crippen LogP contribution in [0.15, 0.2) is 24.3 Å². The lowest BCUT2D eigenvalue weighted by atomic mass is 10.0. The number of carbonyl (C=O) groups excluding carboxylic acids is 1. The van der Waals surface area contributed by atoms with Gasteiger partial charge in [-0.05, 0) is 37.1 Å². The van der Waals surface area contributed by atoms with E-state index in [1.807, 2.05) is 6.07 Å². The molecule has 0 radical (unpaired) electrons. The van der Waals surface area contributed by atoms with Gasteiger partial charge in [0.05, 0.1) is 16.9 Å². The molecule has 1 aliphatic carbocycles. The minimum absolute atomic E-state index is 0.377. The first kappa shape index (κ1) is 15.5. The molecule has 6 heteroatoms. The second-order valence-electron chi connectivity index (χ2n) is 5.30. The lowest BCUT2D eigenvalue weighted by Crippen LogP contribution is -2.32. The topological polar surface area (TPSA) is 87.0 Å². The van der Waals surface area contributed by atoms with Crippen molar-refractivity contribution in [3.05, 3.63) is 29.8 Å². The zero-order chi connectivity index (χ0) is 15.3. The number of hydrogen-bond donors (Lipinski definition) is 1. The molecule has 1 saturated carbocycles. The molecule has 5 nitrogen and oxygen atoms in total. The van der Waals surface area contributed by atoms with E-state index in [9.17, 15) is 13.2 Å². The Kier molecular flexibility index (Phi) is 4.97. The molecule has 112 valence electrons. The molecule has 0 atom stereocenters. The van der Waals surface area contributed by atoms with Crippen molar-refractivity contribution >= 4 is 21.4 Å². The zero-order valence-electron chi connectivity index (χ0n) is 11.7. The number of benzene rings is 1. The van der Waals surface area contributed by atoms with Gasteiger partial charge < -0.3 is 5.32 Å². The number of sulfone groups is 1. The molecule has 1 amide bonds. The van der Waals surface area contributed by atoms with Gasteiger partial charge >= 0.3 is 0 Å². The minimum Gasteiger partial charge on any atom is -0.325 e. The molecular weight excluding hydrogens is 288 g/mol. The number of amides is 1. The van der Waals surface area contributed by atoms with Gasteiger partial charge in [-0.1, -0.05) is 19.3 Å². The van der Waals surface area contributed by atoms with Crippen molar-refractivity contribution in [1.82, 2.24) is 0 Å². The first-order valence-electron chi connectivity index (χ1n) is 7.03. The number of hydrogen-bond acceptors (Lipinski definition) is 4. The van der Waals surface area contributed by atoms with Crippen LogP contribution in [0.4, 0.5) is 5.69 Å². The highest BCUT2D eigenvalue weighted by Gasteiger charge is 2.29. The number of rotatable bonds is 4. The van der Waals surface area contributed by atoms with Crippen molar-refractivity contribution < 1.29 is 13.2 Å². The minimum atomic E-state index is -3.38. The van der Waals surface area contributed by atoms with Gasteiger partial charge in [0, 0.05) is 5.69 Å². The first-order chi connectivity index (χ1) is 10.0. The molecule has 0 spiro atoms. The van der Waals surface area contributed by atoms with Crippen LogP contribution in [0.25, 0.3) is 0 Å². The van der Waals surface area contributed by atoms with Crippen LogP contribution in [0.1, 0.15) is 37.7 Å². The maximum Gasteiger partial charge on any atom is 0.239 e. The van der Waals surface area contributed by atoms with Gasteiger partial charge in [-0.25, -0.2) is 8.42 Å². The number of anilines is 1. The van der Waals surface area contributed by atoms with E-state index in [0.717, 1.165) is 19.3 Å². The Morgan fingerprint density at radius 2 is 1.81 bits per heavy atom. The zero-order valence-corrected chi connectivity index (χ0v) is 12.5. The Balaban J connectivity index is 1.95. The van der Waals surface area contributed by atoms with E-state index < -0.39 is 21.5 Å². The largest absolute Gasteiger partial charge is 0.325 e. The van der Waals surface area contributed by atoms with Crippen molar-refractivity contribution in [1.29, 1.82) is 5.26 Å². The molecule has 21 heavy (non-hydrogen) atoms. The molecule has 0 saturated heterocycles. The fourth-order valence-corrected chi connectivity index (χ4v) is 4.27. The average molecular weight is 306 g/mol. The number of nitrogens with one attached hydrogen (secondary N) is 1. The molecule has 0 aromatic heterocycles. The fourth-order valence-electron chi connectivity index (χ4n) is 2.55. The normalized spacial score (nSPS) is 16.1. The number of nitrogens with zero attached hydrogens (tertiary/aromatic N) is 1. The van der Waals surface area contributed by atoms with E-state index in [1.165, 1.54) is 0 Å². The fraction of sp³-hybridized carbons (Fsp3) is 0.467. The quantitative estimate of drug-likeness (QED) is 0.924. The Bertz CT molecular complexity index is 638. The first-order valence-corrected chi connectivity index (χ1v) is 8.74. The van der Waals surface area contributed by atoms with Crippen molar-refractivity contribution in [3.63, 3.8) is 0 Å². The summed E-state index contributed by atoms with van der Waals surface area (Å²) >= 11 is 0. The van der Waals surface area contributed by atoms with Crippen LogP contribution < -0.4 is 5.32 Å². The van der Waals surface area contributed by atoms with Crippen molar-refractivity contribution in [3.8, 4) is 6.07 Å². The predicted octanol–water partition coefficient (Wildman–Crippen LogP) is 2.24. The summed E-state index contributed by atoms with van der Waals surface area (Å²) in [6.07, 6.45) is 4.23. The Labute approximate surface area is 124 Å². The van der Waals surface area contributed by atoms with Gasteiger partial charge in [0.1, 0.15) is 5.75 Å². The standard InChI is InChI=1S/C15H18N2O3S/c16-10-12-6-8-13(9-7-12)17-15(18)11-21(19,20)14-4-2-1-3-5-14/h6-9,14H,1-5,11H2,(H,17,18). The molecule has 1 aromatic carbocycles. The molecular formula is C15H18N2O3S. The lowest BCUT2D eigenvalue weighted by molar-refractivity contribution is -0.113. The highest BCUT2D eigenvalue weighted by atomic mass is 32.2. The Hall–Kier alpha value is -1.87. The second kappa shape index (κ2) is 6.72. The molecule has 1 aromatic rings. The Morgan fingerprint density at radius 1 is 1.19 bits per heavy atom. The van der Waals surface area contributed by atoms with Crippen LogP contribution in [-0.4, -0.2) is 25.3 Å². The van der Waals surface area contributed by atoms with Crippen LogP contribution in [-0.2, 0) is 14.6 Å². The van der Waals surface area contributed by atoms with Gasteiger partial charge in [0.25, 0.3) is 0 Å². The predicted molar refractivity (Wildman–Crippen MR) is 80.4 cm³/mol. The number of nitriles is 1. The van der Waals surface area contributed by atoms with E-state index in [-0.39, 0.29) is 5.25 Å². The van der Waals surface area contributed by atoms with E-state index in [2.05, 4.69) is 5.32 Å². The molecule has 1 fully saturated rings. The molecule has 0 aliphatic heterocycles. The summed E-state index contributed by atoms with van der Waals surface area (Å²) in [6, 6.07) is 8.30. The lowest BCUT2D eigenvalue weighted by Gasteiger charge is -2.21. The van der Waals surface area contributed by atoms with Crippen LogP contribution in [0, 0.1) is 11.3 Å². The van der Waals surface area contributed by atoms with E-state index in [4.69, 9.17) is 5.26 Å². The molecule has 1 N–H and O–H groups in total. The highest BCUT2D eigenvalue weighted by Crippen LogP contribution is 2.24. The maximum atomic E-state index is 12.2. The smallest absolute Gasteiger partial charge is 0.239 e. The summed E-state index contributed by atoms with van der Waals surface area (Å²) in [6.45, 7) is 0. The molecule has 1 aliphatic rings. The van der Waals surface area contributed by atoms with Crippen molar-refractivity contribution in [2.75, 3.05) is 11.1 Å². The summed E-state index contributed by atoms with van der Waals surface area (Å²) in [7, 11) is -3.38. The van der Waals surface area contributed by atoms with Gasteiger partial charge in [-0.3, -0.25) is 4.79 Å². The average Bonchev–Trinajstić information content (AvgIpc) is 2.48. The third-order valence-electron chi connectivity index (χ3n) is 3.69. The van der Waals surface area contributed by atoms with Crippen LogP contribution in [0.3, 0.4) is 0 Å².